The number of amides is 1. The van der Waals surface area contributed by atoms with Crippen LogP contribution < -0.4 is 5.32 Å². The first-order valence-corrected chi connectivity index (χ1v) is 7.37. The highest BCUT2D eigenvalue weighted by atomic mass is 16.5. The molecular formula is C15H24N4O2. The van der Waals surface area contributed by atoms with Gasteiger partial charge in [0.15, 0.2) is 5.76 Å². The van der Waals surface area contributed by atoms with E-state index in [-0.39, 0.29) is 11.9 Å². The zero-order chi connectivity index (χ0) is 15.2. The van der Waals surface area contributed by atoms with Gasteiger partial charge in [0, 0.05) is 38.8 Å². The smallest absolute Gasteiger partial charge is 0.237 e. The third-order valence-corrected chi connectivity index (χ3v) is 3.81. The van der Waals surface area contributed by atoms with E-state index in [1.807, 2.05) is 19.9 Å². The van der Waals surface area contributed by atoms with E-state index in [2.05, 4.69) is 26.9 Å². The molecule has 1 atom stereocenters. The van der Waals surface area contributed by atoms with Crippen molar-refractivity contribution in [3.63, 3.8) is 0 Å². The Bertz CT molecular complexity index is 478. The molecule has 2 rings (SSSR count). The highest BCUT2D eigenvalue weighted by molar-refractivity contribution is 5.81. The summed E-state index contributed by atoms with van der Waals surface area (Å²) in [5.41, 5.74) is 0.913. The Kier molecular flexibility index (Phi) is 5.52. The Balaban J connectivity index is 1.77. The molecule has 6 nitrogen and oxygen atoms in total. The van der Waals surface area contributed by atoms with Crippen molar-refractivity contribution in [3.05, 3.63) is 30.2 Å². The number of aromatic nitrogens is 1. The fraction of sp³-hybridized carbons (Fsp3) is 0.600. The lowest BCUT2D eigenvalue weighted by molar-refractivity contribution is -0.126. The van der Waals surface area contributed by atoms with Crippen LogP contribution in [0.4, 0.5) is 0 Å². The lowest BCUT2D eigenvalue weighted by atomic mass is 10.2. The first-order valence-electron chi connectivity index (χ1n) is 7.37. The van der Waals surface area contributed by atoms with Crippen LogP contribution in [-0.2, 0) is 11.3 Å². The lowest BCUT2D eigenvalue weighted by Gasteiger charge is -2.36. The zero-order valence-electron chi connectivity index (χ0n) is 12.8. The van der Waals surface area contributed by atoms with Gasteiger partial charge in [-0.2, -0.15) is 0 Å². The van der Waals surface area contributed by atoms with E-state index < -0.39 is 0 Å². The van der Waals surface area contributed by atoms with E-state index in [9.17, 15) is 4.79 Å². The minimum atomic E-state index is -0.0976. The van der Waals surface area contributed by atoms with Crippen molar-refractivity contribution in [2.24, 2.45) is 0 Å². The van der Waals surface area contributed by atoms with Gasteiger partial charge in [-0.1, -0.05) is 11.2 Å². The van der Waals surface area contributed by atoms with Crippen LogP contribution in [0.15, 0.2) is 23.2 Å². The molecule has 1 aliphatic rings. The van der Waals surface area contributed by atoms with Crippen LogP contribution >= 0.6 is 0 Å². The second-order valence-corrected chi connectivity index (χ2v) is 5.46. The highest BCUT2D eigenvalue weighted by Crippen LogP contribution is 2.11. The molecule has 116 valence electrons. The molecule has 1 aromatic rings. The van der Waals surface area contributed by atoms with Gasteiger partial charge in [-0.25, -0.2) is 0 Å². The van der Waals surface area contributed by atoms with E-state index in [1.165, 1.54) is 0 Å². The fourth-order valence-corrected chi connectivity index (χ4v) is 2.51. The number of aryl methyl sites for hydroxylation is 1. The van der Waals surface area contributed by atoms with E-state index in [1.54, 1.807) is 6.08 Å². The summed E-state index contributed by atoms with van der Waals surface area (Å²) in [6.45, 7) is 12.4. The second-order valence-electron chi connectivity index (χ2n) is 5.46. The number of carbonyl (C=O) groups is 1. The van der Waals surface area contributed by atoms with Gasteiger partial charge in [0.1, 0.15) is 0 Å². The first kappa shape index (κ1) is 15.7. The van der Waals surface area contributed by atoms with Crippen LogP contribution in [0.2, 0.25) is 0 Å². The van der Waals surface area contributed by atoms with Gasteiger partial charge in [-0.3, -0.25) is 14.6 Å². The van der Waals surface area contributed by atoms with Gasteiger partial charge < -0.3 is 9.84 Å². The van der Waals surface area contributed by atoms with E-state index in [0.717, 1.165) is 44.2 Å². The molecule has 1 N–H and O–H groups in total. The van der Waals surface area contributed by atoms with Gasteiger partial charge in [0.05, 0.1) is 18.3 Å². The molecule has 0 saturated carbocycles. The van der Waals surface area contributed by atoms with Crippen molar-refractivity contribution < 1.29 is 9.32 Å². The van der Waals surface area contributed by atoms with Gasteiger partial charge in [-0.05, 0) is 13.8 Å². The molecule has 6 heteroatoms. The van der Waals surface area contributed by atoms with Crippen LogP contribution in [0.25, 0.3) is 0 Å². The molecule has 1 saturated heterocycles. The molecule has 1 amide bonds. The summed E-state index contributed by atoms with van der Waals surface area (Å²) in [5, 5.41) is 6.75. The van der Waals surface area contributed by atoms with Gasteiger partial charge >= 0.3 is 0 Å². The summed E-state index contributed by atoms with van der Waals surface area (Å²) in [6.07, 6.45) is 1.70. The Morgan fingerprint density at radius 3 is 2.81 bits per heavy atom. The molecule has 0 bridgehead atoms. The standard InChI is InChI=1S/C15H24N4O2/c1-4-5-16-15(20)13(3)19-8-6-18(7-9-19)11-14-10-12(2)17-21-14/h4,10,13H,1,5-9,11H2,2-3H3,(H,16,20)/t13-/m0/s1. The molecule has 0 unspecified atom stereocenters. The second kappa shape index (κ2) is 7.38. The largest absolute Gasteiger partial charge is 0.360 e. The highest BCUT2D eigenvalue weighted by Gasteiger charge is 2.25. The van der Waals surface area contributed by atoms with Crippen molar-refractivity contribution >= 4 is 5.91 Å². The normalized spacial score (nSPS) is 18.4. The summed E-state index contributed by atoms with van der Waals surface area (Å²) in [5.74, 6) is 0.965. The van der Waals surface area contributed by atoms with Crippen molar-refractivity contribution in [2.75, 3.05) is 32.7 Å². The van der Waals surface area contributed by atoms with Crippen LogP contribution in [0.1, 0.15) is 18.4 Å². The van der Waals surface area contributed by atoms with Crippen LogP contribution in [-0.4, -0.2) is 59.6 Å². The van der Waals surface area contributed by atoms with Gasteiger partial charge in [-0.15, -0.1) is 6.58 Å². The average Bonchev–Trinajstić information content (AvgIpc) is 2.90. The Morgan fingerprint density at radius 1 is 1.52 bits per heavy atom. The van der Waals surface area contributed by atoms with Crippen LogP contribution in [0.5, 0.6) is 0 Å². The molecule has 0 spiro atoms. The van der Waals surface area contributed by atoms with Crippen molar-refractivity contribution in [1.82, 2.24) is 20.3 Å². The molecule has 1 aromatic heterocycles. The summed E-state index contributed by atoms with van der Waals surface area (Å²) < 4.78 is 5.25. The Hall–Kier alpha value is -1.66. The number of carbonyl (C=O) groups excluding carboxylic acids is 1. The molecule has 1 fully saturated rings. The molecular weight excluding hydrogens is 268 g/mol. The van der Waals surface area contributed by atoms with Crippen molar-refractivity contribution in [3.8, 4) is 0 Å². The van der Waals surface area contributed by atoms with Gasteiger partial charge in [0.2, 0.25) is 5.91 Å². The summed E-state index contributed by atoms with van der Waals surface area (Å²) in [7, 11) is 0. The Morgan fingerprint density at radius 2 is 2.24 bits per heavy atom. The first-order chi connectivity index (χ1) is 10.1. The predicted octanol–water partition coefficient (Wildman–Crippen LogP) is 0.791. The zero-order valence-corrected chi connectivity index (χ0v) is 12.8. The summed E-state index contributed by atoms with van der Waals surface area (Å²) in [4.78, 5) is 16.5. The number of nitrogens with zero attached hydrogens (tertiary/aromatic N) is 3. The minimum absolute atomic E-state index is 0.0641. The SMILES string of the molecule is C=CCNC(=O)[C@H](C)N1CCN(Cc2cc(C)no2)CC1. The van der Waals surface area contributed by atoms with Crippen LogP contribution in [0, 0.1) is 6.92 Å². The maximum absolute atomic E-state index is 11.9. The van der Waals surface area contributed by atoms with E-state index in [0.29, 0.717) is 6.54 Å². The van der Waals surface area contributed by atoms with E-state index in [4.69, 9.17) is 4.52 Å². The maximum atomic E-state index is 11.9. The predicted molar refractivity (Wildman–Crippen MR) is 80.8 cm³/mol. The molecule has 0 aromatic carbocycles. The average molecular weight is 292 g/mol. The van der Waals surface area contributed by atoms with Crippen LogP contribution in [0.3, 0.4) is 0 Å². The summed E-state index contributed by atoms with van der Waals surface area (Å²) in [6, 6.07) is 1.87. The quantitative estimate of drug-likeness (QED) is 0.786. The number of hydrogen-bond acceptors (Lipinski definition) is 5. The number of hydrogen-bond donors (Lipinski definition) is 1. The molecule has 1 aliphatic heterocycles. The van der Waals surface area contributed by atoms with Crippen molar-refractivity contribution in [1.29, 1.82) is 0 Å². The molecule has 21 heavy (non-hydrogen) atoms. The minimum Gasteiger partial charge on any atom is -0.360 e. The number of rotatable bonds is 6. The fourth-order valence-electron chi connectivity index (χ4n) is 2.51. The molecule has 2 heterocycles. The molecule has 0 aliphatic carbocycles. The maximum Gasteiger partial charge on any atom is 0.237 e. The number of piperazine rings is 1. The van der Waals surface area contributed by atoms with Crippen molar-refractivity contribution in [2.45, 2.75) is 26.4 Å². The van der Waals surface area contributed by atoms with Gasteiger partial charge in [0.25, 0.3) is 0 Å². The van der Waals surface area contributed by atoms with E-state index >= 15 is 0 Å². The third kappa shape index (κ3) is 4.41. The monoisotopic (exact) mass is 292 g/mol. The lowest BCUT2D eigenvalue weighted by Crippen LogP contribution is -2.53. The molecule has 0 radical (unpaired) electrons. The Labute approximate surface area is 125 Å². The summed E-state index contributed by atoms with van der Waals surface area (Å²) >= 11 is 0. The topological polar surface area (TPSA) is 61.6 Å². The third-order valence-electron chi connectivity index (χ3n) is 3.81. The number of nitrogens with one attached hydrogen (secondary N) is 1.